The zero-order valence-corrected chi connectivity index (χ0v) is 21.5. The molecule has 0 spiro atoms. The van der Waals surface area contributed by atoms with Crippen LogP contribution in [0.2, 0.25) is 0 Å². The molecule has 8 nitrogen and oxygen atoms in total. The Morgan fingerprint density at radius 1 is 1.05 bits per heavy atom. The summed E-state index contributed by atoms with van der Waals surface area (Å²) in [5.41, 5.74) is 2.53. The van der Waals surface area contributed by atoms with E-state index < -0.39 is 24.4 Å². The van der Waals surface area contributed by atoms with Crippen molar-refractivity contribution in [1.29, 1.82) is 5.26 Å². The standard InChI is InChI=1S/C30H33N3O5/c1-19(26(17-31)30(36)32-18-25-15-24(34)16-29(35)37-25)27-9-10-28(38-27)22-6-5-21-14-23(8-7-20(21)13-22)33-11-3-2-4-12-33/h5-10,13-14,24-25,29,34-35H,2-4,11-12,15-16,18H2,1H3,(H,32,36)/b26-19+/t24?,25-,29?/m0/s1. The summed E-state index contributed by atoms with van der Waals surface area (Å²) >= 11 is 0. The second-order valence-electron chi connectivity index (χ2n) is 10.1. The molecule has 3 N–H and O–H groups in total. The first kappa shape index (κ1) is 26.0. The topological polar surface area (TPSA) is 119 Å². The summed E-state index contributed by atoms with van der Waals surface area (Å²) in [5, 5.41) is 34.1. The first-order chi connectivity index (χ1) is 18.4. The Hall–Kier alpha value is -3.64. The SMILES string of the molecule is C/C(=C(/C#N)C(=O)NC[C@@H]1CC(O)CC(O)O1)c1ccc(-c2ccc3cc(N4CCCCC4)ccc3c2)o1. The van der Waals surface area contributed by atoms with Gasteiger partial charge in [0.05, 0.1) is 12.2 Å². The maximum Gasteiger partial charge on any atom is 0.262 e. The molecule has 2 aliphatic heterocycles. The maximum atomic E-state index is 12.7. The van der Waals surface area contributed by atoms with Crippen LogP contribution >= 0.6 is 0 Å². The van der Waals surface area contributed by atoms with Crippen LogP contribution in [0.1, 0.15) is 44.8 Å². The van der Waals surface area contributed by atoms with Crippen LogP contribution in [0.15, 0.2) is 58.5 Å². The van der Waals surface area contributed by atoms with Crippen LogP contribution < -0.4 is 10.2 Å². The molecule has 3 aromatic rings. The number of furan rings is 1. The molecule has 0 aliphatic carbocycles. The Morgan fingerprint density at radius 3 is 2.58 bits per heavy atom. The monoisotopic (exact) mass is 515 g/mol. The average molecular weight is 516 g/mol. The van der Waals surface area contributed by atoms with Crippen molar-refractivity contribution in [2.45, 2.75) is 57.5 Å². The Labute approximate surface area is 222 Å². The minimum atomic E-state index is -1.07. The van der Waals surface area contributed by atoms with Crippen LogP contribution in [0.25, 0.3) is 27.7 Å². The fraction of sp³-hybridized carbons (Fsp3) is 0.400. The summed E-state index contributed by atoms with van der Waals surface area (Å²) in [6, 6.07) is 18.3. The van der Waals surface area contributed by atoms with Crippen molar-refractivity contribution >= 4 is 27.9 Å². The molecule has 3 heterocycles. The van der Waals surface area contributed by atoms with E-state index in [4.69, 9.17) is 9.15 Å². The second-order valence-corrected chi connectivity index (χ2v) is 10.1. The number of hydrogen-bond donors (Lipinski definition) is 3. The highest BCUT2D eigenvalue weighted by Crippen LogP contribution is 2.31. The Kier molecular flexibility index (Phi) is 7.79. The quantitative estimate of drug-likeness (QED) is 0.330. The molecule has 0 bridgehead atoms. The fourth-order valence-electron chi connectivity index (χ4n) is 5.25. The third kappa shape index (κ3) is 5.76. The van der Waals surface area contributed by atoms with Crippen molar-refractivity contribution in [3.8, 4) is 17.4 Å². The molecular formula is C30H33N3O5. The summed E-state index contributed by atoms with van der Waals surface area (Å²) in [6.07, 6.45) is 1.94. The number of carbonyl (C=O) groups excluding carboxylic acids is 1. The van der Waals surface area contributed by atoms with Gasteiger partial charge in [0.25, 0.3) is 5.91 Å². The number of rotatable bonds is 6. The molecule has 0 saturated carbocycles. The van der Waals surface area contributed by atoms with Gasteiger partial charge in [-0.15, -0.1) is 0 Å². The number of nitrogens with zero attached hydrogens (tertiary/aromatic N) is 2. The van der Waals surface area contributed by atoms with Gasteiger partial charge in [0.15, 0.2) is 6.29 Å². The molecule has 3 atom stereocenters. The van der Waals surface area contributed by atoms with Crippen molar-refractivity contribution in [3.63, 3.8) is 0 Å². The van der Waals surface area contributed by atoms with E-state index in [2.05, 4.69) is 40.5 Å². The summed E-state index contributed by atoms with van der Waals surface area (Å²) in [7, 11) is 0. The fourth-order valence-corrected chi connectivity index (χ4v) is 5.25. The number of allylic oxidation sites excluding steroid dienone is 1. The minimum Gasteiger partial charge on any atom is -0.456 e. The van der Waals surface area contributed by atoms with Crippen molar-refractivity contribution < 1.29 is 24.2 Å². The molecule has 8 heteroatoms. The first-order valence-electron chi connectivity index (χ1n) is 13.2. The lowest BCUT2D eigenvalue weighted by Crippen LogP contribution is -2.42. The van der Waals surface area contributed by atoms with Crippen LogP contribution in [-0.2, 0) is 9.53 Å². The van der Waals surface area contributed by atoms with Gasteiger partial charge in [-0.3, -0.25) is 4.79 Å². The highest BCUT2D eigenvalue weighted by molar-refractivity contribution is 6.04. The van der Waals surface area contributed by atoms with Crippen molar-refractivity contribution in [1.82, 2.24) is 5.32 Å². The molecule has 1 aromatic heterocycles. The van der Waals surface area contributed by atoms with E-state index in [1.807, 2.05) is 18.2 Å². The van der Waals surface area contributed by atoms with Gasteiger partial charge >= 0.3 is 0 Å². The number of hydrogen-bond acceptors (Lipinski definition) is 7. The molecule has 198 valence electrons. The molecular weight excluding hydrogens is 482 g/mol. The molecule has 1 amide bonds. The number of anilines is 1. The molecule has 2 saturated heterocycles. The van der Waals surface area contributed by atoms with E-state index in [0.29, 0.717) is 23.5 Å². The van der Waals surface area contributed by atoms with Crippen LogP contribution in [-0.4, -0.2) is 54.3 Å². The van der Waals surface area contributed by atoms with Crippen LogP contribution in [0.3, 0.4) is 0 Å². The number of aliphatic hydroxyl groups is 2. The van der Waals surface area contributed by atoms with Crippen LogP contribution in [0.5, 0.6) is 0 Å². The van der Waals surface area contributed by atoms with E-state index in [-0.39, 0.29) is 18.5 Å². The smallest absolute Gasteiger partial charge is 0.262 e. The van der Waals surface area contributed by atoms with E-state index in [0.717, 1.165) is 24.0 Å². The van der Waals surface area contributed by atoms with Crippen molar-refractivity contribution in [3.05, 3.63) is 59.9 Å². The molecule has 2 aliphatic rings. The van der Waals surface area contributed by atoms with E-state index in [1.54, 1.807) is 13.0 Å². The Bertz CT molecular complexity index is 1370. The zero-order chi connectivity index (χ0) is 26.6. The molecule has 2 aromatic carbocycles. The van der Waals surface area contributed by atoms with Gasteiger partial charge in [-0.05, 0) is 67.3 Å². The highest BCUT2D eigenvalue weighted by Gasteiger charge is 2.28. The third-order valence-electron chi connectivity index (χ3n) is 7.37. The van der Waals surface area contributed by atoms with Gasteiger partial charge in [0, 0.05) is 49.3 Å². The lowest BCUT2D eigenvalue weighted by Gasteiger charge is -2.30. The molecule has 38 heavy (non-hydrogen) atoms. The van der Waals surface area contributed by atoms with E-state index in [9.17, 15) is 20.3 Å². The average Bonchev–Trinajstić information content (AvgIpc) is 3.42. The third-order valence-corrected chi connectivity index (χ3v) is 7.37. The van der Waals surface area contributed by atoms with Gasteiger partial charge in [0.1, 0.15) is 23.2 Å². The minimum absolute atomic E-state index is 0.0634. The first-order valence-corrected chi connectivity index (χ1v) is 13.2. The Balaban J connectivity index is 1.30. The molecule has 2 unspecified atom stereocenters. The predicted molar refractivity (Wildman–Crippen MR) is 145 cm³/mol. The number of nitriles is 1. The highest BCUT2D eigenvalue weighted by atomic mass is 16.6. The van der Waals surface area contributed by atoms with E-state index in [1.165, 1.54) is 30.3 Å². The molecule has 2 fully saturated rings. The maximum absolute atomic E-state index is 12.7. The number of aliphatic hydroxyl groups excluding tert-OH is 2. The van der Waals surface area contributed by atoms with Crippen molar-refractivity contribution in [2.75, 3.05) is 24.5 Å². The van der Waals surface area contributed by atoms with Gasteiger partial charge < -0.3 is 29.6 Å². The second kappa shape index (κ2) is 11.4. The lowest BCUT2D eigenvalue weighted by molar-refractivity contribution is -0.187. The number of ether oxygens (including phenoxy) is 1. The van der Waals surface area contributed by atoms with Gasteiger partial charge in [-0.2, -0.15) is 5.26 Å². The number of fused-ring (bicyclic) bond motifs is 1. The van der Waals surface area contributed by atoms with Gasteiger partial charge in [0.2, 0.25) is 0 Å². The number of piperidine rings is 1. The van der Waals surface area contributed by atoms with Gasteiger partial charge in [-0.25, -0.2) is 0 Å². The predicted octanol–water partition coefficient (Wildman–Crippen LogP) is 4.36. The Morgan fingerprint density at radius 2 is 1.82 bits per heavy atom. The number of amides is 1. The van der Waals surface area contributed by atoms with Crippen LogP contribution in [0.4, 0.5) is 5.69 Å². The van der Waals surface area contributed by atoms with Gasteiger partial charge in [-0.1, -0.05) is 18.2 Å². The normalized spacial score (nSPS) is 22.6. The number of nitrogens with one attached hydrogen (secondary N) is 1. The number of benzene rings is 2. The largest absolute Gasteiger partial charge is 0.456 e. The zero-order valence-electron chi connectivity index (χ0n) is 21.5. The molecule has 5 rings (SSSR count). The van der Waals surface area contributed by atoms with Crippen LogP contribution in [0, 0.1) is 11.3 Å². The number of carbonyl (C=O) groups is 1. The molecule has 0 radical (unpaired) electrons. The van der Waals surface area contributed by atoms with E-state index >= 15 is 0 Å². The summed E-state index contributed by atoms with van der Waals surface area (Å²) in [5.74, 6) is 0.529. The summed E-state index contributed by atoms with van der Waals surface area (Å²) in [6.45, 7) is 3.96. The summed E-state index contributed by atoms with van der Waals surface area (Å²) < 4.78 is 11.4. The lowest BCUT2D eigenvalue weighted by atomic mass is 10.0. The van der Waals surface area contributed by atoms with Crippen molar-refractivity contribution in [2.24, 2.45) is 0 Å². The summed E-state index contributed by atoms with van der Waals surface area (Å²) in [4.78, 5) is 15.2.